The fraction of sp³-hybridized carbons (Fsp3) is 0.321. The summed E-state index contributed by atoms with van der Waals surface area (Å²) >= 11 is 0. The molecule has 0 unspecified atom stereocenters. The minimum atomic E-state index is -1.38. The quantitative estimate of drug-likeness (QED) is 0.235. The topological polar surface area (TPSA) is 93.7 Å². The van der Waals surface area contributed by atoms with E-state index in [1.165, 1.54) is 13.8 Å². The molecule has 5 rings (SSSR count). The third-order valence-electron chi connectivity index (χ3n) is 6.77. The summed E-state index contributed by atoms with van der Waals surface area (Å²) in [7, 11) is 0. The van der Waals surface area contributed by atoms with Gasteiger partial charge < -0.3 is 19.4 Å². The molecule has 186 valence electrons. The van der Waals surface area contributed by atoms with E-state index in [0.717, 1.165) is 21.6 Å². The van der Waals surface area contributed by atoms with Crippen molar-refractivity contribution in [2.45, 2.75) is 45.9 Å². The maximum Gasteiger partial charge on any atom is 0.324 e. The van der Waals surface area contributed by atoms with Gasteiger partial charge in [0.05, 0.1) is 0 Å². The van der Waals surface area contributed by atoms with Crippen molar-refractivity contribution < 1.29 is 28.5 Å². The molecule has 1 aromatic heterocycles. The second-order valence-electron chi connectivity index (χ2n) is 9.64. The summed E-state index contributed by atoms with van der Waals surface area (Å²) in [5.41, 5.74) is 3.62. The van der Waals surface area contributed by atoms with Crippen LogP contribution in [0.4, 0.5) is 0 Å². The molecule has 0 radical (unpaired) electrons. The predicted octanol–water partition coefficient (Wildman–Crippen LogP) is 3.80. The zero-order valence-electron chi connectivity index (χ0n) is 20.7. The number of cyclic esters (lactones) is 2. The maximum absolute atomic E-state index is 13.6. The van der Waals surface area contributed by atoms with Gasteiger partial charge in [0.15, 0.2) is 5.92 Å². The first-order valence-corrected chi connectivity index (χ1v) is 11.9. The van der Waals surface area contributed by atoms with E-state index in [1.54, 1.807) is 6.92 Å². The van der Waals surface area contributed by atoms with E-state index in [4.69, 9.17) is 14.2 Å². The van der Waals surface area contributed by atoms with Crippen LogP contribution in [0.3, 0.4) is 0 Å². The third-order valence-corrected chi connectivity index (χ3v) is 6.77. The van der Waals surface area contributed by atoms with Crippen LogP contribution in [0.1, 0.15) is 48.1 Å². The van der Waals surface area contributed by atoms with Crippen molar-refractivity contribution in [3.63, 3.8) is 0 Å². The number of esters is 2. The van der Waals surface area contributed by atoms with Crippen LogP contribution in [0, 0.1) is 25.0 Å². The number of nitrogens with zero attached hydrogens (tertiary/aromatic N) is 2. The molecular weight excluding hydrogens is 460 g/mol. The Morgan fingerprint density at radius 2 is 1.67 bits per heavy atom. The van der Waals surface area contributed by atoms with Crippen molar-refractivity contribution in [3.8, 4) is 5.75 Å². The van der Waals surface area contributed by atoms with Gasteiger partial charge in [-0.15, -0.1) is 0 Å². The van der Waals surface area contributed by atoms with Crippen molar-refractivity contribution in [1.29, 1.82) is 0 Å². The van der Waals surface area contributed by atoms with Gasteiger partial charge >= 0.3 is 11.9 Å². The number of ether oxygens (including phenoxy) is 3. The molecule has 8 heteroatoms. The molecule has 0 N–H and O–H groups in total. The molecule has 8 nitrogen and oxygen atoms in total. The lowest BCUT2D eigenvalue weighted by Gasteiger charge is -2.36. The fourth-order valence-electron chi connectivity index (χ4n) is 4.90. The first-order chi connectivity index (χ1) is 17.2. The summed E-state index contributed by atoms with van der Waals surface area (Å²) in [4.78, 5) is 26.6. The summed E-state index contributed by atoms with van der Waals surface area (Å²) in [5.74, 6) is -4.21. The minimum absolute atomic E-state index is 0.108. The highest BCUT2D eigenvalue weighted by molar-refractivity contribution is 5.98. The normalized spacial score (nSPS) is 17.9. The van der Waals surface area contributed by atoms with Gasteiger partial charge in [0.1, 0.15) is 36.2 Å². The number of imidazole rings is 1. The van der Waals surface area contributed by atoms with Gasteiger partial charge in [-0.3, -0.25) is 9.59 Å². The van der Waals surface area contributed by atoms with Crippen LogP contribution < -0.4 is 9.47 Å². The number of hydrogen-bond donors (Lipinski definition) is 0. The van der Waals surface area contributed by atoms with Gasteiger partial charge in [0, 0.05) is 33.3 Å². The molecule has 2 aliphatic rings. The summed E-state index contributed by atoms with van der Waals surface area (Å²) in [6.07, 6.45) is 1.88. The van der Waals surface area contributed by atoms with Crippen LogP contribution in [0.15, 0.2) is 60.2 Å². The Balaban J connectivity index is 1.70. The van der Waals surface area contributed by atoms with E-state index in [-0.39, 0.29) is 12.4 Å². The summed E-state index contributed by atoms with van der Waals surface area (Å²) in [5, 5.41) is 13.6. The van der Waals surface area contributed by atoms with Gasteiger partial charge in [0.25, 0.3) is 11.6 Å². The number of para-hydroxylation sites is 1. The Morgan fingerprint density at radius 3 is 2.36 bits per heavy atom. The van der Waals surface area contributed by atoms with Gasteiger partial charge in [-0.2, -0.15) is 0 Å². The lowest BCUT2D eigenvalue weighted by molar-refractivity contribution is -0.621. The number of rotatable bonds is 5. The van der Waals surface area contributed by atoms with E-state index in [1.807, 2.05) is 72.2 Å². The molecule has 0 spiro atoms. The average molecular weight is 489 g/mol. The Morgan fingerprint density at radius 1 is 1.03 bits per heavy atom. The molecule has 0 bridgehead atoms. The molecular formula is C28H28N2O6. The monoisotopic (exact) mass is 488 g/mol. The van der Waals surface area contributed by atoms with Crippen molar-refractivity contribution in [3.05, 3.63) is 93.7 Å². The molecule has 36 heavy (non-hydrogen) atoms. The Labute approximate surface area is 209 Å². The zero-order chi connectivity index (χ0) is 25.6. The third kappa shape index (κ3) is 4.12. The van der Waals surface area contributed by atoms with Gasteiger partial charge in [-0.1, -0.05) is 48.5 Å². The zero-order valence-corrected chi connectivity index (χ0v) is 20.7. The minimum Gasteiger partial charge on any atom is -0.711 e. The van der Waals surface area contributed by atoms with Crippen LogP contribution in [-0.4, -0.2) is 28.9 Å². The standard InChI is InChI=1S/C28H28N2O6/c1-17-18(2)30(33)25(29(17)15-19-10-6-5-7-11-19)23(24-26(31)35-28(3,4)36-27(24)32)21-14-20-12-8-9-13-22(20)34-16-21/h5-14,23-24H,15-16H2,1-4H3/t23-/m1/s1. The maximum atomic E-state index is 13.6. The second kappa shape index (κ2) is 8.86. The van der Waals surface area contributed by atoms with Gasteiger partial charge in [-0.25, -0.2) is 9.30 Å². The highest BCUT2D eigenvalue weighted by Gasteiger charge is 2.53. The Bertz CT molecular complexity index is 1350. The molecule has 0 saturated carbocycles. The van der Waals surface area contributed by atoms with Crippen molar-refractivity contribution in [2.24, 2.45) is 5.92 Å². The van der Waals surface area contributed by atoms with Crippen molar-refractivity contribution in [2.75, 3.05) is 6.61 Å². The molecule has 3 heterocycles. The molecule has 1 atom stereocenters. The molecule has 3 aromatic rings. The molecule has 0 amide bonds. The predicted molar refractivity (Wildman–Crippen MR) is 131 cm³/mol. The van der Waals surface area contributed by atoms with E-state index in [9.17, 15) is 14.8 Å². The molecule has 2 aliphatic heterocycles. The van der Waals surface area contributed by atoms with E-state index in [2.05, 4.69) is 0 Å². The SMILES string of the molecule is Cc1c(C)[n+]([O-])c([C@H](C2=Cc3ccccc3OC2)C2C(=O)OC(C)(C)OC2=O)n1Cc1ccccc1. The number of hydrogen-bond acceptors (Lipinski definition) is 6. The number of aromatic nitrogens is 2. The summed E-state index contributed by atoms with van der Waals surface area (Å²) in [6.45, 7) is 7.10. The molecule has 1 saturated heterocycles. The van der Waals surface area contributed by atoms with Crippen LogP contribution in [0.5, 0.6) is 5.75 Å². The molecule has 2 aromatic carbocycles. The van der Waals surface area contributed by atoms with Crippen LogP contribution >= 0.6 is 0 Å². The van der Waals surface area contributed by atoms with E-state index < -0.39 is 29.6 Å². The summed E-state index contributed by atoms with van der Waals surface area (Å²) < 4.78 is 19.6. The number of carbonyl (C=O) groups excluding carboxylic acids is 2. The van der Waals surface area contributed by atoms with Crippen LogP contribution in [0.2, 0.25) is 0 Å². The van der Waals surface area contributed by atoms with Crippen molar-refractivity contribution in [1.82, 2.24) is 4.57 Å². The first-order valence-electron chi connectivity index (χ1n) is 11.9. The van der Waals surface area contributed by atoms with Crippen molar-refractivity contribution >= 4 is 18.0 Å². The second-order valence-corrected chi connectivity index (χ2v) is 9.64. The van der Waals surface area contributed by atoms with Gasteiger partial charge in [0.2, 0.25) is 0 Å². The lowest BCUT2D eigenvalue weighted by Crippen LogP contribution is -2.51. The van der Waals surface area contributed by atoms with E-state index >= 15 is 0 Å². The van der Waals surface area contributed by atoms with Crippen LogP contribution in [-0.2, 0) is 25.6 Å². The summed E-state index contributed by atoms with van der Waals surface area (Å²) in [6, 6.07) is 17.2. The smallest absolute Gasteiger partial charge is 0.324 e. The first kappa shape index (κ1) is 23.7. The highest BCUT2D eigenvalue weighted by Crippen LogP contribution is 2.41. The van der Waals surface area contributed by atoms with Gasteiger partial charge in [-0.05, 0) is 23.3 Å². The Kier molecular flexibility index (Phi) is 5.82. The number of carbonyl (C=O) groups is 2. The lowest BCUT2D eigenvalue weighted by atomic mass is 9.82. The average Bonchev–Trinajstić information content (AvgIpc) is 3.04. The number of benzene rings is 2. The van der Waals surface area contributed by atoms with E-state index in [0.29, 0.717) is 23.6 Å². The van der Waals surface area contributed by atoms with Crippen LogP contribution in [0.25, 0.3) is 6.08 Å². The fourth-order valence-corrected chi connectivity index (χ4v) is 4.90. The number of fused-ring (bicyclic) bond motifs is 1. The molecule has 1 fully saturated rings. The Hall–Kier alpha value is -4.07. The highest BCUT2D eigenvalue weighted by atomic mass is 16.7. The largest absolute Gasteiger partial charge is 0.711 e. The molecule has 0 aliphatic carbocycles.